The van der Waals surface area contributed by atoms with Gasteiger partial charge in [-0.05, 0) is 31.2 Å². The third kappa shape index (κ3) is 5.11. The van der Waals surface area contributed by atoms with Gasteiger partial charge in [0.15, 0.2) is 0 Å². The maximum absolute atomic E-state index is 12.8. The van der Waals surface area contributed by atoms with E-state index in [0.717, 1.165) is 15.8 Å². The minimum absolute atomic E-state index is 0.0798. The van der Waals surface area contributed by atoms with Crippen LogP contribution in [-0.2, 0) is 4.74 Å². The van der Waals surface area contributed by atoms with Crippen molar-refractivity contribution >= 4 is 40.5 Å². The van der Waals surface area contributed by atoms with Gasteiger partial charge in [-0.15, -0.1) is 11.8 Å². The van der Waals surface area contributed by atoms with E-state index >= 15 is 0 Å². The Labute approximate surface area is 191 Å². The first kappa shape index (κ1) is 21.9. The molecule has 4 rings (SSSR count). The molecule has 0 atom stereocenters. The van der Waals surface area contributed by atoms with Gasteiger partial charge in [0.25, 0.3) is 5.91 Å². The fourth-order valence-electron chi connectivity index (χ4n) is 3.49. The van der Waals surface area contributed by atoms with Crippen molar-refractivity contribution < 1.29 is 14.3 Å². The Hall–Kier alpha value is -3.33. The first-order valence-electron chi connectivity index (χ1n) is 10.5. The van der Waals surface area contributed by atoms with Crippen LogP contribution < -0.4 is 5.32 Å². The van der Waals surface area contributed by atoms with Crippen LogP contribution in [0.1, 0.15) is 17.3 Å². The number of nitrogens with one attached hydrogen (secondary N) is 1. The lowest BCUT2D eigenvalue weighted by molar-refractivity contribution is 0.0570. The van der Waals surface area contributed by atoms with Gasteiger partial charge in [0.05, 0.1) is 23.6 Å². The predicted octanol–water partition coefficient (Wildman–Crippen LogP) is 3.71. The minimum atomic E-state index is -0.325. The van der Waals surface area contributed by atoms with Crippen LogP contribution >= 0.6 is 11.8 Å². The van der Waals surface area contributed by atoms with Gasteiger partial charge in [0, 0.05) is 48.9 Å². The molecule has 9 heteroatoms. The molecule has 0 spiro atoms. The van der Waals surface area contributed by atoms with E-state index in [9.17, 15) is 9.59 Å². The van der Waals surface area contributed by atoms with E-state index in [1.165, 1.54) is 0 Å². The Morgan fingerprint density at radius 1 is 1.03 bits per heavy atom. The van der Waals surface area contributed by atoms with Gasteiger partial charge in [-0.2, -0.15) is 0 Å². The summed E-state index contributed by atoms with van der Waals surface area (Å²) in [6.07, 6.45) is 3.06. The molecule has 1 fully saturated rings. The lowest BCUT2D eigenvalue weighted by Crippen LogP contribution is -2.50. The molecule has 1 N–H and O–H groups in total. The molecule has 1 saturated heterocycles. The maximum atomic E-state index is 12.8. The van der Waals surface area contributed by atoms with Gasteiger partial charge < -0.3 is 19.9 Å². The molecule has 32 heavy (non-hydrogen) atoms. The van der Waals surface area contributed by atoms with E-state index in [2.05, 4.69) is 21.4 Å². The number of fused-ring (bicyclic) bond motifs is 1. The topological polar surface area (TPSA) is 87.7 Å². The summed E-state index contributed by atoms with van der Waals surface area (Å²) in [5.74, 6) is 1.25. The Morgan fingerprint density at radius 3 is 2.56 bits per heavy atom. The van der Waals surface area contributed by atoms with Crippen LogP contribution in [0.5, 0.6) is 0 Å². The number of thioether (sulfide) groups is 1. The van der Waals surface area contributed by atoms with Gasteiger partial charge in [-0.25, -0.2) is 9.78 Å². The summed E-state index contributed by atoms with van der Waals surface area (Å²) < 4.78 is 5.02. The molecule has 166 valence electrons. The Bertz CT molecular complexity index is 1080. The minimum Gasteiger partial charge on any atom is -0.450 e. The van der Waals surface area contributed by atoms with E-state index in [1.807, 2.05) is 30.3 Å². The summed E-state index contributed by atoms with van der Waals surface area (Å²) in [5, 5.41) is 4.39. The van der Waals surface area contributed by atoms with Crippen molar-refractivity contribution in [3.63, 3.8) is 0 Å². The Morgan fingerprint density at radius 2 is 1.81 bits per heavy atom. The van der Waals surface area contributed by atoms with Crippen LogP contribution in [0.25, 0.3) is 10.9 Å². The standard InChI is InChI=1S/C23H25N5O3S/c1-2-31-23(30)28-13-11-27(12-14-28)22(29)18-8-9-20(25-15-18)26-16-32-19-7-3-5-17-6-4-10-24-21(17)19/h3-10,15H,2,11-14,16H2,1H3,(H,25,26). The van der Waals surface area contributed by atoms with Gasteiger partial charge in [0.1, 0.15) is 5.82 Å². The molecular weight excluding hydrogens is 426 g/mol. The van der Waals surface area contributed by atoms with Crippen molar-refractivity contribution in [3.8, 4) is 0 Å². The third-order valence-electron chi connectivity index (χ3n) is 5.18. The number of piperazine rings is 1. The number of hydrogen-bond acceptors (Lipinski definition) is 7. The number of benzene rings is 1. The molecule has 3 aromatic rings. The second-order valence-corrected chi connectivity index (χ2v) is 8.22. The molecule has 0 aliphatic carbocycles. The number of carbonyl (C=O) groups is 2. The number of pyridine rings is 2. The summed E-state index contributed by atoms with van der Waals surface area (Å²) in [7, 11) is 0. The van der Waals surface area contributed by atoms with E-state index in [4.69, 9.17) is 4.74 Å². The molecule has 1 aromatic carbocycles. The molecule has 3 heterocycles. The van der Waals surface area contributed by atoms with E-state index in [0.29, 0.717) is 50.0 Å². The second kappa shape index (κ2) is 10.3. The first-order chi connectivity index (χ1) is 15.7. The van der Waals surface area contributed by atoms with Crippen LogP contribution in [0.15, 0.2) is 59.8 Å². The summed E-state index contributed by atoms with van der Waals surface area (Å²) in [6.45, 7) is 4.03. The number of ether oxygens (including phenoxy) is 1. The third-order valence-corrected chi connectivity index (χ3v) is 6.11. The average Bonchev–Trinajstić information content (AvgIpc) is 2.84. The maximum Gasteiger partial charge on any atom is 0.409 e. The molecule has 0 radical (unpaired) electrons. The van der Waals surface area contributed by atoms with E-state index < -0.39 is 0 Å². The monoisotopic (exact) mass is 451 g/mol. The van der Waals surface area contributed by atoms with Crippen LogP contribution in [0.3, 0.4) is 0 Å². The number of rotatable bonds is 6. The van der Waals surface area contributed by atoms with Gasteiger partial charge in [0.2, 0.25) is 0 Å². The van der Waals surface area contributed by atoms with Gasteiger partial charge in [-0.1, -0.05) is 18.2 Å². The molecule has 2 aromatic heterocycles. The van der Waals surface area contributed by atoms with Crippen molar-refractivity contribution in [3.05, 3.63) is 60.4 Å². The number of anilines is 1. The summed E-state index contributed by atoms with van der Waals surface area (Å²) in [4.78, 5) is 37.9. The number of carbonyl (C=O) groups excluding carboxylic acids is 2. The Kier molecular flexibility index (Phi) is 7.06. The second-order valence-electron chi connectivity index (χ2n) is 7.21. The first-order valence-corrected chi connectivity index (χ1v) is 11.5. The van der Waals surface area contributed by atoms with Crippen LogP contribution in [0, 0.1) is 0 Å². The fraction of sp³-hybridized carbons (Fsp3) is 0.304. The van der Waals surface area contributed by atoms with Gasteiger partial charge in [-0.3, -0.25) is 9.78 Å². The fourth-order valence-corrected chi connectivity index (χ4v) is 4.35. The van der Waals surface area contributed by atoms with Crippen LogP contribution in [0.2, 0.25) is 0 Å². The highest BCUT2D eigenvalue weighted by Crippen LogP contribution is 2.26. The van der Waals surface area contributed by atoms with Crippen LogP contribution in [-0.4, -0.2) is 70.4 Å². The zero-order valence-corrected chi connectivity index (χ0v) is 18.7. The zero-order chi connectivity index (χ0) is 22.3. The van der Waals surface area contributed by atoms with Gasteiger partial charge >= 0.3 is 6.09 Å². The molecule has 1 aliphatic rings. The van der Waals surface area contributed by atoms with Crippen molar-refractivity contribution in [2.24, 2.45) is 0 Å². The van der Waals surface area contributed by atoms with Crippen molar-refractivity contribution in [2.75, 3.05) is 44.0 Å². The number of aromatic nitrogens is 2. The molecule has 0 unspecified atom stereocenters. The Balaban J connectivity index is 1.28. The summed E-state index contributed by atoms with van der Waals surface area (Å²) >= 11 is 1.65. The zero-order valence-electron chi connectivity index (χ0n) is 17.9. The molecule has 0 saturated carbocycles. The lowest BCUT2D eigenvalue weighted by Gasteiger charge is -2.34. The molecule has 0 bridgehead atoms. The number of nitrogens with zero attached hydrogens (tertiary/aromatic N) is 4. The normalized spacial score (nSPS) is 13.8. The number of amides is 2. The largest absolute Gasteiger partial charge is 0.450 e. The lowest BCUT2D eigenvalue weighted by atomic mass is 10.2. The summed E-state index contributed by atoms with van der Waals surface area (Å²) in [5.41, 5.74) is 1.52. The SMILES string of the molecule is CCOC(=O)N1CCN(C(=O)c2ccc(NCSc3cccc4cccnc34)nc2)CC1. The quantitative estimate of drug-likeness (QED) is 0.452. The molecular formula is C23H25N5O3S. The van der Waals surface area contributed by atoms with Crippen molar-refractivity contribution in [2.45, 2.75) is 11.8 Å². The number of hydrogen-bond donors (Lipinski definition) is 1. The smallest absolute Gasteiger partial charge is 0.409 e. The van der Waals surface area contributed by atoms with Crippen LogP contribution in [0.4, 0.5) is 10.6 Å². The molecule has 1 aliphatic heterocycles. The molecule has 8 nitrogen and oxygen atoms in total. The van der Waals surface area contributed by atoms with Crippen molar-refractivity contribution in [1.29, 1.82) is 0 Å². The summed E-state index contributed by atoms with van der Waals surface area (Å²) in [6, 6.07) is 13.7. The molecule has 2 amide bonds. The number of para-hydroxylation sites is 1. The van der Waals surface area contributed by atoms with Crippen molar-refractivity contribution in [1.82, 2.24) is 19.8 Å². The average molecular weight is 452 g/mol. The van der Waals surface area contributed by atoms with E-state index in [1.54, 1.807) is 46.9 Å². The highest BCUT2D eigenvalue weighted by atomic mass is 32.2. The van der Waals surface area contributed by atoms with E-state index in [-0.39, 0.29) is 12.0 Å². The predicted molar refractivity (Wildman–Crippen MR) is 125 cm³/mol. The highest BCUT2D eigenvalue weighted by Gasteiger charge is 2.25. The highest BCUT2D eigenvalue weighted by molar-refractivity contribution is 7.99.